The van der Waals surface area contributed by atoms with E-state index in [0.29, 0.717) is 18.0 Å². The Kier molecular flexibility index (Phi) is 6.07. The molecule has 8 heteroatoms. The van der Waals surface area contributed by atoms with E-state index >= 15 is 0 Å². The lowest BCUT2D eigenvalue weighted by Gasteiger charge is -2.22. The second-order valence-corrected chi connectivity index (χ2v) is 10.1. The van der Waals surface area contributed by atoms with E-state index < -0.39 is 27.0 Å². The number of ether oxygens (including phenoxy) is 1. The molecule has 2 unspecified atom stereocenters. The van der Waals surface area contributed by atoms with Gasteiger partial charge in [-0.1, -0.05) is 48.5 Å². The number of benzene rings is 3. The van der Waals surface area contributed by atoms with Crippen molar-refractivity contribution in [3.05, 3.63) is 103 Å². The SMILES string of the molecule is C=C[N+]1(Cc2ccccc2)CC1(CS(=O)(=O)c1ccc(Oc2ccccc2)cc1)C(=O)NO. The number of rotatable bonds is 9. The second-order valence-electron chi connectivity index (χ2n) is 8.14. The number of hydrogen-bond acceptors (Lipinski definition) is 5. The van der Waals surface area contributed by atoms with Crippen LogP contribution in [0.2, 0.25) is 0 Å². The molecular weight excluding hydrogens is 440 g/mol. The van der Waals surface area contributed by atoms with E-state index in [4.69, 9.17) is 4.74 Å². The van der Waals surface area contributed by atoms with Gasteiger partial charge in [0.1, 0.15) is 23.8 Å². The van der Waals surface area contributed by atoms with Crippen molar-refractivity contribution in [2.75, 3.05) is 12.3 Å². The van der Waals surface area contributed by atoms with Gasteiger partial charge in [0.05, 0.1) is 11.1 Å². The highest BCUT2D eigenvalue weighted by Crippen LogP contribution is 2.47. The van der Waals surface area contributed by atoms with Crippen molar-refractivity contribution in [3.8, 4) is 11.5 Å². The Morgan fingerprint density at radius 3 is 2.15 bits per heavy atom. The first kappa shape index (κ1) is 22.7. The molecule has 2 N–H and O–H groups in total. The zero-order valence-electron chi connectivity index (χ0n) is 17.9. The quantitative estimate of drug-likeness (QED) is 0.218. The first-order valence-electron chi connectivity index (χ1n) is 10.4. The molecule has 0 saturated carbocycles. The number of nitrogens with zero attached hydrogens (tertiary/aromatic N) is 1. The molecule has 3 aromatic rings. The van der Waals surface area contributed by atoms with Gasteiger partial charge in [0.25, 0.3) is 0 Å². The predicted octanol–water partition coefficient (Wildman–Crippen LogP) is 3.67. The van der Waals surface area contributed by atoms with Crippen molar-refractivity contribution in [2.24, 2.45) is 0 Å². The fourth-order valence-electron chi connectivity index (χ4n) is 4.21. The fourth-order valence-corrected chi connectivity index (χ4v) is 6.03. The average Bonchev–Trinajstić information content (AvgIpc) is 3.46. The third-order valence-corrected chi connectivity index (χ3v) is 7.91. The van der Waals surface area contributed by atoms with Gasteiger partial charge in [-0.2, -0.15) is 0 Å². The second kappa shape index (κ2) is 8.82. The smallest absolute Gasteiger partial charge is 0.312 e. The van der Waals surface area contributed by atoms with Crippen LogP contribution in [0.15, 0.2) is 103 Å². The fraction of sp³-hybridized carbons (Fsp3) is 0.160. The van der Waals surface area contributed by atoms with E-state index in [9.17, 15) is 18.4 Å². The van der Waals surface area contributed by atoms with E-state index in [1.54, 1.807) is 35.9 Å². The lowest BCUT2D eigenvalue weighted by Crippen LogP contribution is -2.48. The molecule has 3 aromatic carbocycles. The summed E-state index contributed by atoms with van der Waals surface area (Å²) in [5.41, 5.74) is 1.23. The van der Waals surface area contributed by atoms with Crippen LogP contribution in [0.3, 0.4) is 0 Å². The summed E-state index contributed by atoms with van der Waals surface area (Å²) in [5.74, 6) is -0.0799. The van der Waals surface area contributed by atoms with Gasteiger partial charge < -0.3 is 4.74 Å². The maximum Gasteiger partial charge on any atom is 0.312 e. The van der Waals surface area contributed by atoms with Gasteiger partial charge in [-0.15, -0.1) is 0 Å². The van der Waals surface area contributed by atoms with Gasteiger partial charge >= 0.3 is 5.91 Å². The number of hydroxylamine groups is 1. The molecule has 1 aliphatic rings. The highest BCUT2D eigenvalue weighted by atomic mass is 32.2. The number of carbonyl (C=O) groups excluding carboxylic acids is 1. The lowest BCUT2D eigenvalue weighted by atomic mass is 10.1. The Morgan fingerprint density at radius 1 is 1.00 bits per heavy atom. The van der Waals surface area contributed by atoms with Crippen molar-refractivity contribution in [2.45, 2.75) is 17.0 Å². The summed E-state index contributed by atoms with van der Waals surface area (Å²) in [7, 11) is -3.86. The summed E-state index contributed by atoms with van der Waals surface area (Å²) >= 11 is 0. The zero-order valence-corrected chi connectivity index (χ0v) is 18.7. The molecule has 1 aliphatic heterocycles. The zero-order chi connectivity index (χ0) is 23.5. The maximum atomic E-state index is 13.3. The van der Waals surface area contributed by atoms with Crippen molar-refractivity contribution in [1.29, 1.82) is 0 Å². The third-order valence-electron chi connectivity index (χ3n) is 6.06. The summed E-state index contributed by atoms with van der Waals surface area (Å²) < 4.78 is 32.3. The van der Waals surface area contributed by atoms with Gasteiger partial charge in [-0.05, 0) is 43.0 Å². The molecule has 1 amide bonds. The predicted molar refractivity (Wildman–Crippen MR) is 123 cm³/mol. The monoisotopic (exact) mass is 465 g/mol. The summed E-state index contributed by atoms with van der Waals surface area (Å²) in [6.45, 7) is 4.46. The highest BCUT2D eigenvalue weighted by Gasteiger charge is 2.75. The number of hydrogen-bond donors (Lipinski definition) is 2. The van der Waals surface area contributed by atoms with E-state index in [1.807, 2.05) is 48.5 Å². The summed E-state index contributed by atoms with van der Waals surface area (Å²) in [6, 6.07) is 24.7. The first-order valence-corrected chi connectivity index (χ1v) is 12.0. The molecule has 33 heavy (non-hydrogen) atoms. The number of para-hydroxylation sites is 1. The molecule has 0 aromatic heterocycles. The van der Waals surface area contributed by atoms with E-state index in [2.05, 4.69) is 6.58 Å². The Labute approximate surface area is 193 Å². The molecule has 0 spiro atoms. The van der Waals surface area contributed by atoms with Gasteiger partial charge in [0, 0.05) is 5.56 Å². The molecule has 2 atom stereocenters. The molecule has 1 saturated heterocycles. The van der Waals surface area contributed by atoms with E-state index in [-0.39, 0.29) is 15.9 Å². The number of carbonyl (C=O) groups is 1. The van der Waals surface area contributed by atoms with Crippen LogP contribution in [0.4, 0.5) is 0 Å². The van der Waals surface area contributed by atoms with Crippen LogP contribution in [0, 0.1) is 0 Å². The summed E-state index contributed by atoms with van der Waals surface area (Å²) in [6.07, 6.45) is 1.58. The number of quaternary nitrogens is 1. The molecule has 0 radical (unpaired) electrons. The molecule has 1 heterocycles. The molecule has 4 rings (SSSR count). The standard InChI is InChI=1S/C25H24N2O5S/c1-2-27(17-20-9-5-3-6-10-20)18-25(27,24(28)26-29)19-33(30,31)23-15-13-22(14-16-23)32-21-11-7-4-8-12-21/h2-16H,1,17-19H2,(H-,26,28,29)/p+1. The van der Waals surface area contributed by atoms with Crippen molar-refractivity contribution < 1.29 is 27.6 Å². The molecule has 0 aliphatic carbocycles. The minimum atomic E-state index is -3.86. The van der Waals surface area contributed by atoms with E-state index in [1.165, 1.54) is 12.1 Å². The van der Waals surface area contributed by atoms with Crippen LogP contribution >= 0.6 is 0 Å². The van der Waals surface area contributed by atoms with Crippen LogP contribution in [0.1, 0.15) is 5.56 Å². The Hall–Kier alpha value is -3.46. The minimum absolute atomic E-state index is 0.0256. The van der Waals surface area contributed by atoms with Crippen LogP contribution in [-0.2, 0) is 21.2 Å². The van der Waals surface area contributed by atoms with Crippen molar-refractivity contribution >= 4 is 15.7 Å². The lowest BCUT2D eigenvalue weighted by molar-refractivity contribution is -0.781. The molecule has 1 fully saturated rings. The van der Waals surface area contributed by atoms with Gasteiger partial charge in [0.15, 0.2) is 16.4 Å². The highest BCUT2D eigenvalue weighted by molar-refractivity contribution is 7.91. The molecule has 170 valence electrons. The van der Waals surface area contributed by atoms with Gasteiger partial charge in [0.2, 0.25) is 5.54 Å². The normalized spacial score (nSPS) is 21.7. The minimum Gasteiger partial charge on any atom is -0.457 e. The maximum absolute atomic E-state index is 13.3. The number of nitrogens with one attached hydrogen (secondary N) is 1. The number of amides is 1. The largest absolute Gasteiger partial charge is 0.457 e. The van der Waals surface area contributed by atoms with Gasteiger partial charge in [-0.3, -0.25) is 14.5 Å². The Balaban J connectivity index is 1.58. The van der Waals surface area contributed by atoms with Gasteiger partial charge in [-0.25, -0.2) is 13.9 Å². The Bertz CT molecular complexity index is 1250. The van der Waals surface area contributed by atoms with E-state index in [0.717, 1.165) is 5.56 Å². The van der Waals surface area contributed by atoms with Crippen molar-refractivity contribution in [3.63, 3.8) is 0 Å². The first-order chi connectivity index (χ1) is 15.8. The van der Waals surface area contributed by atoms with Crippen molar-refractivity contribution in [1.82, 2.24) is 5.48 Å². The van der Waals surface area contributed by atoms with Crippen LogP contribution in [0.25, 0.3) is 0 Å². The topological polar surface area (TPSA) is 92.7 Å². The van der Waals surface area contributed by atoms with Crippen LogP contribution in [0.5, 0.6) is 11.5 Å². The van der Waals surface area contributed by atoms with Crippen LogP contribution < -0.4 is 10.2 Å². The third kappa shape index (κ3) is 4.41. The molecular formula is C25H25N2O5S+. The molecule has 7 nitrogen and oxygen atoms in total. The summed E-state index contributed by atoms with van der Waals surface area (Å²) in [4.78, 5) is 12.8. The molecule has 0 bridgehead atoms. The van der Waals surface area contributed by atoms with Crippen LogP contribution in [-0.4, -0.2) is 41.9 Å². The Morgan fingerprint density at radius 2 is 1.58 bits per heavy atom. The number of sulfone groups is 1. The summed E-state index contributed by atoms with van der Waals surface area (Å²) in [5, 5.41) is 9.39. The average molecular weight is 466 g/mol.